The van der Waals surface area contributed by atoms with Gasteiger partial charge in [0.25, 0.3) is 11.8 Å². The fourth-order valence-electron chi connectivity index (χ4n) is 2.87. The Morgan fingerprint density at radius 1 is 1.29 bits per heavy atom. The Morgan fingerprint density at radius 3 is 2.71 bits per heavy atom. The van der Waals surface area contributed by atoms with Crippen LogP contribution in [0.1, 0.15) is 23.2 Å². The van der Waals surface area contributed by atoms with E-state index in [0.717, 1.165) is 0 Å². The number of nitrogens with zero attached hydrogens (tertiary/aromatic N) is 1. The van der Waals surface area contributed by atoms with Crippen LogP contribution in [0.25, 0.3) is 0 Å². The molecule has 1 atom stereocenters. The predicted molar refractivity (Wildman–Crippen MR) is 72.6 cm³/mol. The first-order valence-corrected chi connectivity index (χ1v) is 6.73. The minimum Gasteiger partial charge on any atom is -0.507 e. The number of carbonyl (C=O) groups is 3. The highest BCUT2D eigenvalue weighted by Gasteiger charge is 2.49. The summed E-state index contributed by atoms with van der Waals surface area (Å²) in [4.78, 5) is 37.3. The second-order valence-corrected chi connectivity index (χ2v) is 5.34. The third-order valence-corrected chi connectivity index (χ3v) is 3.93. The summed E-state index contributed by atoms with van der Waals surface area (Å²) in [5.41, 5.74) is -0.852. The Labute approximate surface area is 120 Å². The van der Waals surface area contributed by atoms with Crippen molar-refractivity contribution in [2.45, 2.75) is 18.4 Å². The highest BCUT2D eigenvalue weighted by Crippen LogP contribution is 2.27. The SMILES string of the molecule is O=C1NC(=O)C2(CCCN(C(=O)c3ccccc3O)C2)N1. The number of aromatic hydroxyl groups is 1. The van der Waals surface area contributed by atoms with Crippen LogP contribution in [0.4, 0.5) is 4.79 Å². The summed E-state index contributed by atoms with van der Waals surface area (Å²) >= 11 is 0. The van der Waals surface area contributed by atoms with Crippen LogP contribution in [0.15, 0.2) is 24.3 Å². The van der Waals surface area contributed by atoms with Crippen molar-refractivity contribution >= 4 is 17.8 Å². The number of piperidine rings is 1. The Bertz CT molecular complexity index is 630. The second kappa shape index (κ2) is 4.76. The first-order chi connectivity index (χ1) is 10.0. The van der Waals surface area contributed by atoms with Gasteiger partial charge in [-0.25, -0.2) is 4.79 Å². The molecule has 7 nitrogen and oxygen atoms in total. The van der Waals surface area contributed by atoms with E-state index >= 15 is 0 Å². The summed E-state index contributed by atoms with van der Waals surface area (Å²) in [5, 5.41) is 14.6. The minimum absolute atomic E-state index is 0.0953. The predicted octanol–water partition coefficient (Wildman–Crippen LogP) is 0.206. The maximum Gasteiger partial charge on any atom is 0.322 e. The molecule has 2 aliphatic heterocycles. The number of nitrogens with one attached hydrogen (secondary N) is 2. The number of phenolic OH excluding ortho intramolecular Hbond substituents is 1. The number of hydrogen-bond acceptors (Lipinski definition) is 4. The van der Waals surface area contributed by atoms with Crippen LogP contribution < -0.4 is 10.6 Å². The Kier molecular flexibility index (Phi) is 3.04. The van der Waals surface area contributed by atoms with Gasteiger partial charge in [-0.1, -0.05) is 12.1 Å². The summed E-state index contributed by atoms with van der Waals surface area (Å²) in [7, 11) is 0. The molecule has 2 aliphatic rings. The van der Waals surface area contributed by atoms with Crippen LogP contribution in [0, 0.1) is 0 Å². The van der Waals surface area contributed by atoms with Gasteiger partial charge in [-0.2, -0.15) is 0 Å². The van der Waals surface area contributed by atoms with Gasteiger partial charge in [0.05, 0.1) is 12.1 Å². The van der Waals surface area contributed by atoms with Crippen molar-refractivity contribution in [2.75, 3.05) is 13.1 Å². The van der Waals surface area contributed by atoms with Crippen molar-refractivity contribution in [1.29, 1.82) is 0 Å². The number of para-hydroxylation sites is 1. The summed E-state index contributed by atoms with van der Waals surface area (Å²) < 4.78 is 0. The fourth-order valence-corrected chi connectivity index (χ4v) is 2.87. The number of benzene rings is 1. The van der Waals surface area contributed by atoms with E-state index in [4.69, 9.17) is 0 Å². The molecule has 0 aromatic heterocycles. The van der Waals surface area contributed by atoms with E-state index in [9.17, 15) is 19.5 Å². The molecule has 2 heterocycles. The Morgan fingerprint density at radius 2 is 2.05 bits per heavy atom. The number of amides is 4. The van der Waals surface area contributed by atoms with Gasteiger partial charge in [0.1, 0.15) is 11.3 Å². The molecule has 0 radical (unpaired) electrons. The van der Waals surface area contributed by atoms with Crippen LogP contribution in [0.2, 0.25) is 0 Å². The summed E-state index contributed by atoms with van der Waals surface area (Å²) in [6, 6.07) is 5.74. The lowest BCUT2D eigenvalue weighted by molar-refractivity contribution is -0.125. The van der Waals surface area contributed by atoms with E-state index in [1.807, 2.05) is 0 Å². The van der Waals surface area contributed by atoms with Crippen molar-refractivity contribution in [3.8, 4) is 5.75 Å². The van der Waals surface area contributed by atoms with Crippen LogP contribution in [0.5, 0.6) is 5.75 Å². The summed E-state index contributed by atoms with van der Waals surface area (Å²) in [6.45, 7) is 0.593. The molecular formula is C14H15N3O4. The van der Waals surface area contributed by atoms with Gasteiger partial charge in [-0.15, -0.1) is 0 Å². The van der Waals surface area contributed by atoms with Gasteiger partial charge in [0.2, 0.25) is 0 Å². The van der Waals surface area contributed by atoms with E-state index < -0.39 is 17.5 Å². The molecule has 2 saturated heterocycles. The first-order valence-electron chi connectivity index (χ1n) is 6.73. The standard InChI is InChI=1S/C14H15N3O4/c18-10-5-2-1-4-9(10)11(19)17-7-3-6-14(8-17)12(20)15-13(21)16-14/h1-2,4-5,18H,3,6-8H2,(H2,15,16,20,21). The average Bonchev–Trinajstić information content (AvgIpc) is 2.72. The number of imide groups is 1. The van der Waals surface area contributed by atoms with Crippen molar-refractivity contribution in [2.24, 2.45) is 0 Å². The summed E-state index contributed by atoms with van der Waals surface area (Å²) in [6.07, 6.45) is 1.10. The third-order valence-electron chi connectivity index (χ3n) is 3.93. The maximum atomic E-state index is 12.5. The zero-order chi connectivity index (χ0) is 15.0. The first kappa shape index (κ1) is 13.4. The molecule has 1 aromatic rings. The Balaban J connectivity index is 1.84. The molecule has 21 heavy (non-hydrogen) atoms. The summed E-state index contributed by atoms with van der Waals surface area (Å²) in [5.74, 6) is -0.842. The van der Waals surface area contributed by atoms with E-state index in [1.165, 1.54) is 17.0 Å². The van der Waals surface area contributed by atoms with E-state index in [0.29, 0.717) is 19.4 Å². The van der Waals surface area contributed by atoms with E-state index in [-0.39, 0.29) is 23.8 Å². The van der Waals surface area contributed by atoms with Gasteiger partial charge in [-0.05, 0) is 25.0 Å². The number of hydrogen-bond donors (Lipinski definition) is 3. The maximum absolute atomic E-state index is 12.5. The number of likely N-dealkylation sites (tertiary alicyclic amines) is 1. The molecule has 3 rings (SSSR count). The van der Waals surface area contributed by atoms with Crippen molar-refractivity contribution in [3.63, 3.8) is 0 Å². The lowest BCUT2D eigenvalue weighted by atomic mass is 9.89. The molecule has 1 aromatic carbocycles. The molecule has 110 valence electrons. The monoisotopic (exact) mass is 289 g/mol. The molecule has 0 saturated carbocycles. The number of urea groups is 1. The number of phenols is 1. The third kappa shape index (κ3) is 2.20. The molecule has 3 N–H and O–H groups in total. The lowest BCUT2D eigenvalue weighted by Crippen LogP contribution is -2.59. The van der Waals surface area contributed by atoms with Gasteiger partial charge in [0, 0.05) is 6.54 Å². The number of carbonyl (C=O) groups excluding carboxylic acids is 3. The van der Waals surface area contributed by atoms with E-state index in [1.54, 1.807) is 12.1 Å². The molecule has 1 spiro atoms. The minimum atomic E-state index is -1.05. The molecular weight excluding hydrogens is 274 g/mol. The van der Waals surface area contributed by atoms with Crippen molar-refractivity contribution in [3.05, 3.63) is 29.8 Å². The van der Waals surface area contributed by atoms with Gasteiger partial charge in [0.15, 0.2) is 0 Å². The lowest BCUT2D eigenvalue weighted by Gasteiger charge is -2.38. The van der Waals surface area contributed by atoms with Crippen LogP contribution >= 0.6 is 0 Å². The molecule has 4 amide bonds. The van der Waals surface area contributed by atoms with Gasteiger partial charge < -0.3 is 15.3 Å². The molecule has 7 heteroatoms. The molecule has 2 fully saturated rings. The zero-order valence-electron chi connectivity index (χ0n) is 11.3. The molecule has 1 unspecified atom stereocenters. The van der Waals surface area contributed by atoms with Crippen molar-refractivity contribution in [1.82, 2.24) is 15.5 Å². The van der Waals surface area contributed by atoms with Crippen LogP contribution in [-0.2, 0) is 4.79 Å². The molecule has 0 bridgehead atoms. The largest absolute Gasteiger partial charge is 0.507 e. The smallest absolute Gasteiger partial charge is 0.322 e. The van der Waals surface area contributed by atoms with Gasteiger partial charge >= 0.3 is 6.03 Å². The average molecular weight is 289 g/mol. The van der Waals surface area contributed by atoms with Gasteiger partial charge in [-0.3, -0.25) is 14.9 Å². The quantitative estimate of drug-likeness (QED) is 0.643. The van der Waals surface area contributed by atoms with Crippen LogP contribution in [-0.4, -0.2) is 46.5 Å². The van der Waals surface area contributed by atoms with Crippen molar-refractivity contribution < 1.29 is 19.5 Å². The van der Waals surface area contributed by atoms with E-state index in [2.05, 4.69) is 10.6 Å². The highest BCUT2D eigenvalue weighted by molar-refractivity contribution is 6.08. The Hall–Kier alpha value is -2.57. The highest BCUT2D eigenvalue weighted by atomic mass is 16.3. The topological polar surface area (TPSA) is 98.7 Å². The number of rotatable bonds is 1. The molecule has 0 aliphatic carbocycles. The fraction of sp³-hybridized carbons (Fsp3) is 0.357. The zero-order valence-corrected chi connectivity index (χ0v) is 11.3. The van der Waals surface area contributed by atoms with Crippen LogP contribution in [0.3, 0.4) is 0 Å². The normalized spacial score (nSPS) is 24.9. The second-order valence-electron chi connectivity index (χ2n) is 5.34.